The predicted octanol–water partition coefficient (Wildman–Crippen LogP) is 2.90. The minimum absolute atomic E-state index is 0.0826. The highest BCUT2D eigenvalue weighted by molar-refractivity contribution is 6.04. The van der Waals surface area contributed by atoms with Gasteiger partial charge in [0.05, 0.1) is 12.1 Å². The first-order valence-corrected chi connectivity index (χ1v) is 7.14. The molecular formula is C16H12F4N4O. The second-order valence-electron chi connectivity index (χ2n) is 5.29. The summed E-state index contributed by atoms with van der Waals surface area (Å²) in [6.45, 7) is -0.173. The number of hydrogen-bond acceptors (Lipinski definition) is 3. The minimum Gasteiger partial charge on any atom is -0.289 e. The number of benzene rings is 2. The van der Waals surface area contributed by atoms with Crippen molar-refractivity contribution in [2.75, 3.05) is 0 Å². The zero-order valence-electron chi connectivity index (χ0n) is 12.6. The number of amides is 1. The highest BCUT2D eigenvalue weighted by atomic mass is 19.3. The molecule has 2 aromatic carbocycles. The van der Waals surface area contributed by atoms with Crippen LogP contribution in [0.3, 0.4) is 0 Å². The van der Waals surface area contributed by atoms with E-state index >= 15 is 0 Å². The maximum absolute atomic E-state index is 13.9. The van der Waals surface area contributed by atoms with Crippen LogP contribution in [0.4, 0.5) is 17.6 Å². The highest BCUT2D eigenvalue weighted by Crippen LogP contribution is 2.26. The second kappa shape index (κ2) is 6.52. The number of fused-ring (bicyclic) bond motifs is 1. The maximum atomic E-state index is 13.9. The molecule has 0 unspecified atom stereocenters. The van der Waals surface area contributed by atoms with Gasteiger partial charge in [0.15, 0.2) is 5.69 Å². The first-order chi connectivity index (χ1) is 11.9. The number of hydrazine groups is 1. The summed E-state index contributed by atoms with van der Waals surface area (Å²) in [6, 6.07) is 6.66. The fraction of sp³-hybridized carbons (Fsp3) is 0.125. The van der Waals surface area contributed by atoms with Gasteiger partial charge >= 0.3 is 0 Å². The summed E-state index contributed by atoms with van der Waals surface area (Å²) in [7, 11) is 0. The molecule has 0 spiro atoms. The fourth-order valence-corrected chi connectivity index (χ4v) is 2.49. The van der Waals surface area contributed by atoms with Crippen LogP contribution in [0.2, 0.25) is 0 Å². The summed E-state index contributed by atoms with van der Waals surface area (Å²) < 4.78 is 54.0. The Labute approximate surface area is 139 Å². The molecule has 1 amide bonds. The van der Waals surface area contributed by atoms with Crippen LogP contribution >= 0.6 is 0 Å². The van der Waals surface area contributed by atoms with Crippen molar-refractivity contribution in [2.45, 2.75) is 13.0 Å². The molecule has 3 rings (SSSR count). The number of nitrogens with zero attached hydrogens (tertiary/aromatic N) is 2. The third-order valence-electron chi connectivity index (χ3n) is 3.71. The molecule has 0 fully saturated rings. The number of alkyl halides is 2. The van der Waals surface area contributed by atoms with E-state index in [1.165, 1.54) is 28.9 Å². The molecule has 0 aliphatic rings. The number of hydrogen-bond donors (Lipinski definition) is 2. The van der Waals surface area contributed by atoms with Gasteiger partial charge in [0.1, 0.15) is 11.6 Å². The molecule has 0 radical (unpaired) electrons. The topological polar surface area (TPSA) is 72.9 Å². The Hall–Kier alpha value is -2.94. The summed E-state index contributed by atoms with van der Waals surface area (Å²) >= 11 is 0. The Bertz CT molecular complexity index is 955. The summed E-state index contributed by atoms with van der Waals surface area (Å²) in [5.74, 6) is 2.84. The van der Waals surface area contributed by atoms with Crippen LogP contribution in [-0.2, 0) is 6.54 Å². The molecule has 3 N–H and O–H groups in total. The Balaban J connectivity index is 2.15. The molecule has 0 aliphatic heterocycles. The Morgan fingerprint density at radius 2 is 1.96 bits per heavy atom. The largest absolute Gasteiger partial charge is 0.289 e. The Morgan fingerprint density at radius 3 is 2.60 bits per heavy atom. The van der Waals surface area contributed by atoms with Gasteiger partial charge in [-0.25, -0.2) is 23.4 Å². The van der Waals surface area contributed by atoms with E-state index < -0.39 is 24.0 Å². The van der Waals surface area contributed by atoms with Crippen molar-refractivity contribution >= 4 is 16.8 Å². The standard InChI is InChI=1S/C16H12F4N4O/c17-10-3-1-9(12(18)6-10)7-24-13-5-8(15(19)20)2-4-11(13)14(23-24)16(25)22-21/h1-6,15H,7,21H2,(H,22,25). The van der Waals surface area contributed by atoms with Crippen LogP contribution in [0.1, 0.15) is 28.0 Å². The lowest BCUT2D eigenvalue weighted by Gasteiger charge is -2.06. The lowest BCUT2D eigenvalue weighted by molar-refractivity contribution is 0.0949. The molecule has 130 valence electrons. The van der Waals surface area contributed by atoms with E-state index in [0.717, 1.165) is 6.07 Å². The zero-order chi connectivity index (χ0) is 18.1. The number of rotatable bonds is 4. The summed E-state index contributed by atoms with van der Waals surface area (Å²) in [4.78, 5) is 11.8. The van der Waals surface area contributed by atoms with Gasteiger partial charge in [0, 0.05) is 22.6 Å². The molecule has 1 aromatic heterocycles. The van der Waals surface area contributed by atoms with Crippen molar-refractivity contribution in [1.82, 2.24) is 15.2 Å². The van der Waals surface area contributed by atoms with Crippen LogP contribution in [0.15, 0.2) is 36.4 Å². The summed E-state index contributed by atoms with van der Waals surface area (Å²) in [5.41, 5.74) is 1.87. The minimum atomic E-state index is -2.72. The fourth-order valence-electron chi connectivity index (χ4n) is 2.49. The molecule has 0 saturated heterocycles. The smallest absolute Gasteiger partial charge is 0.286 e. The van der Waals surface area contributed by atoms with E-state index in [2.05, 4.69) is 5.10 Å². The predicted molar refractivity (Wildman–Crippen MR) is 81.8 cm³/mol. The summed E-state index contributed by atoms with van der Waals surface area (Å²) in [6.07, 6.45) is -2.72. The third-order valence-corrected chi connectivity index (χ3v) is 3.71. The number of carbonyl (C=O) groups excluding carboxylic acids is 1. The van der Waals surface area contributed by atoms with Crippen molar-refractivity contribution in [2.24, 2.45) is 5.84 Å². The first kappa shape index (κ1) is 16.9. The number of nitrogen functional groups attached to an aromatic ring is 1. The summed E-state index contributed by atoms with van der Waals surface area (Å²) in [5, 5.41) is 4.33. The van der Waals surface area contributed by atoms with E-state index in [-0.39, 0.29) is 34.3 Å². The van der Waals surface area contributed by atoms with Gasteiger partial charge in [-0.3, -0.25) is 14.9 Å². The zero-order valence-corrected chi connectivity index (χ0v) is 12.6. The van der Waals surface area contributed by atoms with Crippen LogP contribution in [0.5, 0.6) is 0 Å². The monoisotopic (exact) mass is 352 g/mol. The van der Waals surface area contributed by atoms with Gasteiger partial charge in [-0.05, 0) is 18.2 Å². The van der Waals surface area contributed by atoms with Gasteiger partial charge in [0.2, 0.25) is 0 Å². The molecule has 9 heteroatoms. The van der Waals surface area contributed by atoms with Crippen molar-refractivity contribution in [1.29, 1.82) is 0 Å². The molecule has 0 aliphatic carbocycles. The van der Waals surface area contributed by atoms with Gasteiger partial charge in [-0.2, -0.15) is 5.10 Å². The van der Waals surface area contributed by atoms with Crippen LogP contribution in [-0.4, -0.2) is 15.7 Å². The van der Waals surface area contributed by atoms with Gasteiger partial charge in [0.25, 0.3) is 12.3 Å². The van der Waals surface area contributed by atoms with E-state index in [9.17, 15) is 22.4 Å². The molecule has 0 saturated carbocycles. The van der Waals surface area contributed by atoms with Crippen molar-refractivity contribution in [3.05, 3.63) is 64.9 Å². The molecule has 5 nitrogen and oxygen atoms in total. The van der Waals surface area contributed by atoms with Crippen molar-refractivity contribution < 1.29 is 22.4 Å². The molecule has 1 heterocycles. The van der Waals surface area contributed by atoms with E-state index in [0.29, 0.717) is 6.07 Å². The molecular weight excluding hydrogens is 340 g/mol. The number of carbonyl (C=O) groups is 1. The SMILES string of the molecule is NNC(=O)c1nn(Cc2ccc(F)cc2F)c2cc(C(F)F)ccc12. The van der Waals surface area contributed by atoms with E-state index in [1.54, 1.807) is 0 Å². The Morgan fingerprint density at radius 1 is 1.20 bits per heavy atom. The van der Waals surface area contributed by atoms with Gasteiger partial charge in [-0.15, -0.1) is 0 Å². The highest BCUT2D eigenvalue weighted by Gasteiger charge is 2.19. The number of nitrogens with two attached hydrogens (primary N) is 1. The third kappa shape index (κ3) is 3.18. The number of nitrogens with one attached hydrogen (secondary N) is 1. The molecule has 0 bridgehead atoms. The van der Waals surface area contributed by atoms with Gasteiger partial charge < -0.3 is 0 Å². The second-order valence-corrected chi connectivity index (χ2v) is 5.29. The van der Waals surface area contributed by atoms with E-state index in [4.69, 9.17) is 5.84 Å². The van der Waals surface area contributed by atoms with Gasteiger partial charge in [-0.1, -0.05) is 12.1 Å². The molecule has 0 atom stereocenters. The van der Waals surface area contributed by atoms with Crippen LogP contribution < -0.4 is 11.3 Å². The Kier molecular flexibility index (Phi) is 4.41. The maximum Gasteiger partial charge on any atom is 0.286 e. The van der Waals surface area contributed by atoms with Crippen molar-refractivity contribution in [3.8, 4) is 0 Å². The normalized spacial score (nSPS) is 11.3. The van der Waals surface area contributed by atoms with Crippen molar-refractivity contribution in [3.63, 3.8) is 0 Å². The average molecular weight is 352 g/mol. The average Bonchev–Trinajstić information content (AvgIpc) is 2.94. The molecule has 3 aromatic rings. The molecule has 25 heavy (non-hydrogen) atoms. The first-order valence-electron chi connectivity index (χ1n) is 7.14. The number of aromatic nitrogens is 2. The van der Waals surface area contributed by atoms with E-state index in [1.807, 2.05) is 5.43 Å². The lowest BCUT2D eigenvalue weighted by atomic mass is 10.1. The van der Waals surface area contributed by atoms with Crippen LogP contribution in [0.25, 0.3) is 10.9 Å². The quantitative estimate of drug-likeness (QED) is 0.328. The van der Waals surface area contributed by atoms with Crippen LogP contribution in [0, 0.1) is 11.6 Å². The number of halogens is 4. The lowest BCUT2D eigenvalue weighted by Crippen LogP contribution is -2.30.